The molecule has 2 rings (SSSR count). The number of alkyl carbamates (subject to hydrolysis) is 1. The second-order valence-corrected chi connectivity index (χ2v) is 8.67. The van der Waals surface area contributed by atoms with Crippen LogP contribution in [0.5, 0.6) is 0 Å². The lowest BCUT2D eigenvalue weighted by Gasteiger charge is -2.27. The van der Waals surface area contributed by atoms with Gasteiger partial charge in [0.15, 0.2) is 0 Å². The topological polar surface area (TPSA) is 131 Å². The summed E-state index contributed by atoms with van der Waals surface area (Å²) in [5.41, 5.74) is 7.89. The Morgan fingerprint density at radius 2 is 1.61 bits per heavy atom. The molecule has 3 amide bonds. The van der Waals surface area contributed by atoms with E-state index in [9.17, 15) is 19.2 Å². The van der Waals surface area contributed by atoms with Crippen LogP contribution >= 0.6 is 0 Å². The van der Waals surface area contributed by atoms with Crippen molar-refractivity contribution in [1.29, 1.82) is 0 Å². The highest BCUT2D eigenvalue weighted by molar-refractivity contribution is 5.90. The maximum Gasteiger partial charge on any atom is 0.407 e. The number of nitrogens with two attached hydrogens (primary N) is 1. The fourth-order valence-corrected chi connectivity index (χ4v) is 3.47. The van der Waals surface area contributed by atoms with E-state index in [2.05, 4.69) is 10.6 Å². The van der Waals surface area contributed by atoms with E-state index in [1.54, 1.807) is 6.92 Å². The van der Waals surface area contributed by atoms with E-state index in [1.807, 2.05) is 60.7 Å². The number of carbonyl (C=O) groups excluding carboxylic acids is 4. The molecule has 2 aromatic rings. The van der Waals surface area contributed by atoms with E-state index < -0.39 is 30.1 Å². The van der Waals surface area contributed by atoms with E-state index in [1.165, 1.54) is 11.9 Å². The van der Waals surface area contributed by atoms with Gasteiger partial charge in [0.1, 0.15) is 18.9 Å². The van der Waals surface area contributed by atoms with Crippen molar-refractivity contribution in [2.24, 2.45) is 5.73 Å². The van der Waals surface area contributed by atoms with Gasteiger partial charge in [-0.3, -0.25) is 9.59 Å². The van der Waals surface area contributed by atoms with Crippen molar-refractivity contribution in [2.75, 3.05) is 13.6 Å². The number of hydrogen-bond donors (Lipinski definition) is 3. The van der Waals surface area contributed by atoms with Crippen molar-refractivity contribution < 1.29 is 23.9 Å². The monoisotopic (exact) mass is 496 g/mol. The summed E-state index contributed by atoms with van der Waals surface area (Å²) >= 11 is 0. The molecule has 9 heteroatoms. The molecule has 0 aliphatic carbocycles. The second-order valence-electron chi connectivity index (χ2n) is 8.67. The number of rotatable bonds is 14. The van der Waals surface area contributed by atoms with Gasteiger partial charge < -0.3 is 30.8 Å². The number of carbonyl (C=O) groups is 4. The molecular weight excluding hydrogens is 460 g/mol. The van der Waals surface area contributed by atoms with Gasteiger partial charge in [0, 0.05) is 13.6 Å². The number of aldehydes is 1. The van der Waals surface area contributed by atoms with E-state index in [4.69, 9.17) is 10.5 Å². The summed E-state index contributed by atoms with van der Waals surface area (Å²) in [5, 5.41) is 5.43. The Kier molecular flexibility index (Phi) is 12.1. The van der Waals surface area contributed by atoms with Gasteiger partial charge in [0.25, 0.3) is 0 Å². The van der Waals surface area contributed by atoms with Crippen molar-refractivity contribution in [1.82, 2.24) is 15.5 Å². The lowest BCUT2D eigenvalue weighted by Crippen LogP contribution is -2.54. The van der Waals surface area contributed by atoms with E-state index >= 15 is 0 Å². The molecule has 4 N–H and O–H groups in total. The molecule has 0 bridgehead atoms. The fourth-order valence-electron chi connectivity index (χ4n) is 3.47. The zero-order chi connectivity index (χ0) is 26.3. The van der Waals surface area contributed by atoms with Crippen LogP contribution in [0.3, 0.4) is 0 Å². The molecule has 0 radical (unpaired) electrons. The molecule has 194 valence electrons. The molecule has 0 heterocycles. The van der Waals surface area contributed by atoms with Gasteiger partial charge in [-0.1, -0.05) is 60.7 Å². The lowest BCUT2D eigenvalue weighted by atomic mass is 10.0. The van der Waals surface area contributed by atoms with Gasteiger partial charge in [0.2, 0.25) is 11.8 Å². The van der Waals surface area contributed by atoms with Crippen LogP contribution in [0.25, 0.3) is 0 Å². The van der Waals surface area contributed by atoms with Crippen molar-refractivity contribution >= 4 is 24.2 Å². The Morgan fingerprint density at radius 3 is 2.22 bits per heavy atom. The van der Waals surface area contributed by atoms with Crippen LogP contribution in [0.2, 0.25) is 0 Å². The van der Waals surface area contributed by atoms with Gasteiger partial charge >= 0.3 is 6.09 Å². The average Bonchev–Trinajstić information content (AvgIpc) is 2.90. The lowest BCUT2D eigenvalue weighted by molar-refractivity contribution is -0.138. The summed E-state index contributed by atoms with van der Waals surface area (Å²) < 4.78 is 5.18. The highest BCUT2D eigenvalue weighted by Crippen LogP contribution is 2.08. The highest BCUT2D eigenvalue weighted by Gasteiger charge is 2.28. The average molecular weight is 497 g/mol. The zero-order valence-electron chi connectivity index (χ0n) is 20.9. The first-order chi connectivity index (χ1) is 17.3. The molecule has 0 saturated heterocycles. The summed E-state index contributed by atoms with van der Waals surface area (Å²) in [6.07, 6.45) is 1.94. The molecule has 0 fully saturated rings. The molecule has 0 aromatic heterocycles. The van der Waals surface area contributed by atoms with Crippen LogP contribution in [0.1, 0.15) is 37.3 Å². The van der Waals surface area contributed by atoms with Gasteiger partial charge in [-0.05, 0) is 43.7 Å². The largest absolute Gasteiger partial charge is 0.445 e. The van der Waals surface area contributed by atoms with Crippen molar-refractivity contribution in [3.8, 4) is 0 Å². The number of unbranched alkanes of at least 4 members (excludes halogenated alkanes) is 1. The Labute approximate surface area is 212 Å². The number of hydrogen-bond acceptors (Lipinski definition) is 6. The molecule has 0 spiro atoms. The minimum Gasteiger partial charge on any atom is -0.445 e. The standard InChI is InChI=1S/C27H36N4O5/c1-20(18-32)31(2)26(34)24(30-25(33)23(28)17-21-11-5-3-6-12-21)15-9-10-16-29-27(35)36-19-22-13-7-4-8-14-22/h3-8,11-14,18,20,23-24H,9-10,15-17,19,28H2,1-2H3,(H,29,35)(H,30,33)/t20-,23-,24-/m0/s1. The molecule has 0 aliphatic heterocycles. The van der Waals surface area contributed by atoms with Crippen LogP contribution in [0.15, 0.2) is 60.7 Å². The molecule has 0 aliphatic rings. The maximum absolute atomic E-state index is 13.0. The third-order valence-corrected chi connectivity index (χ3v) is 5.81. The third kappa shape index (κ3) is 9.87. The maximum atomic E-state index is 13.0. The first kappa shape index (κ1) is 28.5. The van der Waals surface area contributed by atoms with Crippen LogP contribution in [0.4, 0.5) is 4.79 Å². The summed E-state index contributed by atoms with van der Waals surface area (Å²) in [6, 6.07) is 16.5. The van der Waals surface area contributed by atoms with Crippen LogP contribution < -0.4 is 16.4 Å². The Morgan fingerprint density at radius 1 is 1.00 bits per heavy atom. The van der Waals surface area contributed by atoms with Gasteiger partial charge in [-0.2, -0.15) is 0 Å². The second kappa shape index (κ2) is 15.3. The van der Waals surface area contributed by atoms with E-state index in [0.717, 1.165) is 11.1 Å². The molecule has 36 heavy (non-hydrogen) atoms. The molecule has 0 unspecified atom stereocenters. The minimum absolute atomic E-state index is 0.180. The first-order valence-electron chi connectivity index (χ1n) is 12.1. The number of nitrogens with one attached hydrogen (secondary N) is 2. The molecule has 9 nitrogen and oxygen atoms in total. The predicted molar refractivity (Wildman–Crippen MR) is 137 cm³/mol. The summed E-state index contributed by atoms with van der Waals surface area (Å²) in [6.45, 7) is 2.15. The molecule has 3 atom stereocenters. The highest BCUT2D eigenvalue weighted by atomic mass is 16.5. The SMILES string of the molecule is C[C@@H](C=O)N(C)C(=O)[C@H](CCCCNC(=O)OCc1ccccc1)NC(=O)[C@@H](N)Cc1ccccc1. The van der Waals surface area contributed by atoms with Crippen molar-refractivity contribution in [3.05, 3.63) is 71.8 Å². The number of amides is 3. The zero-order valence-corrected chi connectivity index (χ0v) is 20.9. The van der Waals surface area contributed by atoms with Gasteiger partial charge in [-0.25, -0.2) is 4.79 Å². The summed E-state index contributed by atoms with van der Waals surface area (Å²) in [5.74, 6) is -0.808. The quantitative estimate of drug-likeness (QED) is 0.271. The predicted octanol–water partition coefficient (Wildman–Crippen LogP) is 2.18. The number of nitrogens with zero attached hydrogens (tertiary/aromatic N) is 1. The summed E-state index contributed by atoms with van der Waals surface area (Å²) in [4.78, 5) is 50.1. The molecule has 0 saturated carbocycles. The van der Waals surface area contributed by atoms with Crippen LogP contribution in [-0.4, -0.2) is 60.8 Å². The van der Waals surface area contributed by atoms with E-state index in [-0.39, 0.29) is 12.5 Å². The molecular formula is C27H36N4O5. The normalized spacial score (nSPS) is 13.1. The Balaban J connectivity index is 1.84. The van der Waals surface area contributed by atoms with Crippen LogP contribution in [0, 0.1) is 0 Å². The summed E-state index contributed by atoms with van der Waals surface area (Å²) in [7, 11) is 1.52. The Hall–Kier alpha value is -3.72. The van der Waals surface area contributed by atoms with Gasteiger partial charge in [0.05, 0.1) is 12.1 Å². The van der Waals surface area contributed by atoms with Crippen LogP contribution in [-0.2, 0) is 32.1 Å². The molecule has 2 aromatic carbocycles. The van der Waals surface area contributed by atoms with Gasteiger partial charge in [-0.15, -0.1) is 0 Å². The minimum atomic E-state index is -0.836. The smallest absolute Gasteiger partial charge is 0.407 e. The third-order valence-electron chi connectivity index (χ3n) is 5.81. The van der Waals surface area contributed by atoms with Crippen molar-refractivity contribution in [3.63, 3.8) is 0 Å². The Bertz CT molecular complexity index is 971. The fraction of sp³-hybridized carbons (Fsp3) is 0.407. The first-order valence-corrected chi connectivity index (χ1v) is 12.1. The number of likely N-dealkylation sites (N-methyl/N-ethyl adjacent to an activating group) is 1. The van der Waals surface area contributed by atoms with E-state index in [0.29, 0.717) is 38.5 Å². The number of benzene rings is 2. The number of ether oxygens (including phenoxy) is 1. The van der Waals surface area contributed by atoms with Crippen molar-refractivity contribution in [2.45, 2.75) is 57.3 Å².